The van der Waals surface area contributed by atoms with Crippen LogP contribution in [0.15, 0.2) is 36.4 Å². The van der Waals surface area contributed by atoms with E-state index in [4.69, 9.17) is 27.9 Å². The molecule has 1 aliphatic heterocycles. The summed E-state index contributed by atoms with van der Waals surface area (Å²) in [6.07, 6.45) is -0.263. The van der Waals surface area contributed by atoms with Gasteiger partial charge >= 0.3 is 0 Å². The number of phenolic OH excluding ortho intramolecular Hbond substituents is 1. The third-order valence-corrected chi connectivity index (χ3v) is 3.78. The summed E-state index contributed by atoms with van der Waals surface area (Å²) in [4.78, 5) is 12.1. The van der Waals surface area contributed by atoms with Crippen LogP contribution in [0.5, 0.6) is 11.5 Å². The number of fused-ring (bicyclic) bond motifs is 1. The van der Waals surface area contributed by atoms with Crippen molar-refractivity contribution in [3.05, 3.63) is 57.6 Å². The molecule has 102 valence electrons. The summed E-state index contributed by atoms with van der Waals surface area (Å²) in [5.41, 5.74) is 1.18. The van der Waals surface area contributed by atoms with Gasteiger partial charge in [-0.15, -0.1) is 0 Å². The van der Waals surface area contributed by atoms with Gasteiger partial charge in [-0.2, -0.15) is 0 Å². The summed E-state index contributed by atoms with van der Waals surface area (Å²) >= 11 is 12.0. The number of halogens is 2. The van der Waals surface area contributed by atoms with Crippen LogP contribution in [0.3, 0.4) is 0 Å². The highest BCUT2D eigenvalue weighted by atomic mass is 35.5. The maximum atomic E-state index is 12.1. The van der Waals surface area contributed by atoms with Gasteiger partial charge in [-0.3, -0.25) is 4.79 Å². The van der Waals surface area contributed by atoms with E-state index in [9.17, 15) is 9.90 Å². The molecule has 3 rings (SSSR count). The fourth-order valence-electron chi connectivity index (χ4n) is 2.25. The quantitative estimate of drug-likeness (QED) is 0.849. The number of hydrogen-bond acceptors (Lipinski definition) is 3. The molecule has 2 aromatic carbocycles. The molecule has 0 aliphatic carbocycles. The standard InChI is InChI=1S/C15H10Cl2O3/c16-8-1-3-10(12(17)5-8)15-7-13(19)11-4-2-9(18)6-14(11)20-15/h1-6,15,18H,7H2. The molecular formula is C15H10Cl2O3. The van der Waals surface area contributed by atoms with Crippen LogP contribution in [-0.4, -0.2) is 10.9 Å². The van der Waals surface area contributed by atoms with E-state index in [1.54, 1.807) is 24.3 Å². The normalized spacial score (nSPS) is 17.5. The Balaban J connectivity index is 2.00. The molecule has 0 saturated heterocycles. The molecule has 1 aliphatic rings. The van der Waals surface area contributed by atoms with Gasteiger partial charge in [0.15, 0.2) is 5.78 Å². The Kier molecular flexibility index (Phi) is 3.32. The average Bonchev–Trinajstić information content (AvgIpc) is 2.37. The molecule has 0 fully saturated rings. The zero-order chi connectivity index (χ0) is 14.3. The summed E-state index contributed by atoms with van der Waals surface area (Å²) in [5.74, 6) is 0.388. The maximum absolute atomic E-state index is 12.1. The molecule has 0 saturated carbocycles. The van der Waals surface area contributed by atoms with Crippen LogP contribution >= 0.6 is 23.2 Å². The Morgan fingerprint density at radius 2 is 1.95 bits per heavy atom. The van der Waals surface area contributed by atoms with Crippen molar-refractivity contribution in [3.63, 3.8) is 0 Å². The average molecular weight is 309 g/mol. The molecule has 2 aromatic rings. The van der Waals surface area contributed by atoms with Gasteiger partial charge in [-0.25, -0.2) is 0 Å². The van der Waals surface area contributed by atoms with E-state index in [1.165, 1.54) is 12.1 Å². The molecule has 0 amide bonds. The lowest BCUT2D eigenvalue weighted by Gasteiger charge is -2.26. The first-order valence-corrected chi connectivity index (χ1v) is 6.78. The number of ketones is 1. The maximum Gasteiger partial charge on any atom is 0.170 e. The van der Waals surface area contributed by atoms with Crippen molar-refractivity contribution < 1.29 is 14.6 Å². The zero-order valence-corrected chi connectivity index (χ0v) is 11.8. The molecule has 1 N–H and O–H groups in total. The van der Waals surface area contributed by atoms with Crippen molar-refractivity contribution in [1.82, 2.24) is 0 Å². The smallest absolute Gasteiger partial charge is 0.170 e. The van der Waals surface area contributed by atoms with Crippen molar-refractivity contribution in [2.75, 3.05) is 0 Å². The predicted molar refractivity (Wildman–Crippen MR) is 76.9 cm³/mol. The van der Waals surface area contributed by atoms with Crippen LogP contribution in [0.1, 0.15) is 28.4 Å². The Morgan fingerprint density at radius 3 is 2.70 bits per heavy atom. The molecule has 1 unspecified atom stereocenters. The van der Waals surface area contributed by atoms with Crippen LogP contribution in [-0.2, 0) is 0 Å². The van der Waals surface area contributed by atoms with Crippen LogP contribution < -0.4 is 4.74 Å². The van der Waals surface area contributed by atoms with Gasteiger partial charge in [0.2, 0.25) is 0 Å². The van der Waals surface area contributed by atoms with Crippen LogP contribution in [0, 0.1) is 0 Å². The van der Waals surface area contributed by atoms with Crippen molar-refractivity contribution in [1.29, 1.82) is 0 Å². The molecule has 0 spiro atoms. The van der Waals surface area contributed by atoms with Gasteiger partial charge in [-0.1, -0.05) is 29.3 Å². The van der Waals surface area contributed by atoms with Crippen molar-refractivity contribution in [2.45, 2.75) is 12.5 Å². The second-order valence-corrected chi connectivity index (χ2v) is 5.42. The van der Waals surface area contributed by atoms with Gasteiger partial charge in [0.1, 0.15) is 17.6 Å². The summed E-state index contributed by atoms with van der Waals surface area (Å²) in [5, 5.41) is 10.5. The monoisotopic (exact) mass is 308 g/mol. The number of carbonyl (C=O) groups excluding carboxylic acids is 1. The molecule has 20 heavy (non-hydrogen) atoms. The minimum atomic E-state index is -0.471. The molecule has 0 bridgehead atoms. The molecule has 0 radical (unpaired) electrons. The van der Waals surface area contributed by atoms with E-state index in [0.717, 1.165) is 0 Å². The van der Waals surface area contributed by atoms with Crippen LogP contribution in [0.4, 0.5) is 0 Å². The van der Waals surface area contributed by atoms with Gasteiger partial charge in [0.25, 0.3) is 0 Å². The van der Waals surface area contributed by atoms with E-state index in [0.29, 0.717) is 26.9 Å². The predicted octanol–water partition coefficient (Wildman–Crippen LogP) is 4.41. The Labute approximate surface area is 125 Å². The summed E-state index contributed by atoms with van der Waals surface area (Å²) < 4.78 is 5.78. The van der Waals surface area contributed by atoms with Crippen LogP contribution in [0.25, 0.3) is 0 Å². The summed E-state index contributed by atoms with van der Waals surface area (Å²) in [6, 6.07) is 9.53. The topological polar surface area (TPSA) is 46.5 Å². The minimum absolute atomic E-state index is 0.0396. The Hall–Kier alpha value is -1.71. The lowest BCUT2D eigenvalue weighted by Crippen LogP contribution is -2.20. The van der Waals surface area contributed by atoms with E-state index in [1.807, 2.05) is 0 Å². The molecule has 5 heteroatoms. The lowest BCUT2D eigenvalue weighted by molar-refractivity contribution is 0.0850. The highest BCUT2D eigenvalue weighted by Crippen LogP contribution is 2.39. The fourth-order valence-corrected chi connectivity index (χ4v) is 2.78. The summed E-state index contributed by atoms with van der Waals surface area (Å²) in [6.45, 7) is 0. The SMILES string of the molecule is O=C1CC(c2ccc(Cl)cc2Cl)Oc2cc(O)ccc21. The molecule has 1 heterocycles. The highest BCUT2D eigenvalue weighted by Gasteiger charge is 2.29. The largest absolute Gasteiger partial charge is 0.508 e. The number of phenols is 1. The van der Waals surface area contributed by atoms with Crippen molar-refractivity contribution in [2.24, 2.45) is 0 Å². The van der Waals surface area contributed by atoms with Gasteiger partial charge in [0.05, 0.1) is 12.0 Å². The number of hydrogen-bond donors (Lipinski definition) is 1. The lowest BCUT2D eigenvalue weighted by atomic mass is 9.96. The number of ether oxygens (including phenoxy) is 1. The van der Waals surface area contributed by atoms with Gasteiger partial charge in [0, 0.05) is 21.7 Å². The van der Waals surface area contributed by atoms with Crippen molar-refractivity contribution in [3.8, 4) is 11.5 Å². The fraction of sp³-hybridized carbons (Fsp3) is 0.133. The van der Waals surface area contributed by atoms with Gasteiger partial charge in [-0.05, 0) is 24.3 Å². The minimum Gasteiger partial charge on any atom is -0.508 e. The molecule has 1 atom stereocenters. The molecule has 3 nitrogen and oxygen atoms in total. The first-order valence-electron chi connectivity index (χ1n) is 6.02. The number of rotatable bonds is 1. The third-order valence-electron chi connectivity index (χ3n) is 3.21. The number of aromatic hydroxyl groups is 1. The highest BCUT2D eigenvalue weighted by molar-refractivity contribution is 6.35. The summed E-state index contributed by atoms with van der Waals surface area (Å²) in [7, 11) is 0. The Morgan fingerprint density at radius 1 is 1.15 bits per heavy atom. The van der Waals surface area contributed by atoms with E-state index < -0.39 is 6.10 Å². The number of carbonyl (C=O) groups is 1. The van der Waals surface area contributed by atoms with Gasteiger partial charge < -0.3 is 9.84 Å². The van der Waals surface area contributed by atoms with E-state index in [-0.39, 0.29) is 18.0 Å². The second-order valence-electron chi connectivity index (χ2n) is 4.58. The van der Waals surface area contributed by atoms with Crippen LogP contribution in [0.2, 0.25) is 10.0 Å². The first kappa shape index (κ1) is 13.3. The second kappa shape index (κ2) is 5.00. The number of Topliss-reactive ketones (excluding diaryl/α,β-unsaturated/α-hetero) is 1. The third kappa shape index (κ3) is 2.35. The van der Waals surface area contributed by atoms with E-state index >= 15 is 0 Å². The zero-order valence-electron chi connectivity index (χ0n) is 10.3. The van der Waals surface area contributed by atoms with Crippen molar-refractivity contribution >= 4 is 29.0 Å². The number of benzene rings is 2. The first-order chi connectivity index (χ1) is 9.54. The Bertz CT molecular complexity index is 698. The van der Waals surface area contributed by atoms with E-state index in [2.05, 4.69) is 0 Å². The molecular weight excluding hydrogens is 299 g/mol. The molecule has 0 aromatic heterocycles.